The molecule has 31 heavy (non-hydrogen) atoms. The minimum Gasteiger partial charge on any atom is -0.463 e. The lowest BCUT2D eigenvalue weighted by atomic mass is 9.87. The van der Waals surface area contributed by atoms with Gasteiger partial charge in [-0.3, -0.25) is 4.79 Å². The number of hydrogen-bond acceptors (Lipinski definition) is 6. The Kier molecular flexibility index (Phi) is 8.88. The molecule has 0 heterocycles. The van der Waals surface area contributed by atoms with Gasteiger partial charge in [0, 0.05) is 5.57 Å². The van der Waals surface area contributed by atoms with Gasteiger partial charge in [-0.15, -0.1) is 0 Å². The minimum atomic E-state index is -6.47. The van der Waals surface area contributed by atoms with Crippen molar-refractivity contribution in [2.45, 2.75) is 63.2 Å². The molecule has 0 N–H and O–H groups in total. The first-order valence-corrected chi connectivity index (χ1v) is 9.09. The van der Waals surface area contributed by atoms with Gasteiger partial charge in [-0.1, -0.05) is 6.58 Å². The highest BCUT2D eigenvalue weighted by molar-refractivity contribution is 5.87. The maximum absolute atomic E-state index is 13.1. The highest BCUT2D eigenvalue weighted by atomic mass is 19.4. The SMILES string of the molecule is C=C(C)C(=O)OC1CCC(C(=O)OCC(=O)OCCC(F)(F)C(F)(F)C(F)(F)F)CC1. The Bertz CT molecular complexity index is 681. The van der Waals surface area contributed by atoms with Crippen molar-refractivity contribution >= 4 is 17.9 Å². The Balaban J connectivity index is 2.35. The number of alkyl halides is 7. The van der Waals surface area contributed by atoms with E-state index in [1.165, 1.54) is 6.92 Å². The molecule has 1 aliphatic carbocycles. The van der Waals surface area contributed by atoms with Crippen molar-refractivity contribution < 1.29 is 59.3 Å². The van der Waals surface area contributed by atoms with Crippen LogP contribution in [-0.2, 0) is 28.6 Å². The molecule has 1 fully saturated rings. The first-order chi connectivity index (χ1) is 14.1. The van der Waals surface area contributed by atoms with Crippen molar-refractivity contribution in [3.05, 3.63) is 12.2 Å². The molecular formula is C18H21F7O6. The molecule has 0 bridgehead atoms. The summed E-state index contributed by atoms with van der Waals surface area (Å²) in [7, 11) is 0. The average molecular weight is 466 g/mol. The van der Waals surface area contributed by atoms with Gasteiger partial charge in [-0.2, -0.15) is 30.7 Å². The first kappa shape index (κ1) is 26.7. The van der Waals surface area contributed by atoms with E-state index in [-0.39, 0.29) is 18.4 Å². The molecule has 0 spiro atoms. The van der Waals surface area contributed by atoms with Crippen LogP contribution >= 0.6 is 0 Å². The zero-order chi connectivity index (χ0) is 24.0. The highest BCUT2D eigenvalue weighted by Crippen LogP contribution is 2.47. The molecule has 0 radical (unpaired) electrons. The van der Waals surface area contributed by atoms with Gasteiger partial charge in [0.05, 0.1) is 18.9 Å². The van der Waals surface area contributed by atoms with Gasteiger partial charge in [0.25, 0.3) is 0 Å². The first-order valence-electron chi connectivity index (χ1n) is 9.09. The van der Waals surface area contributed by atoms with Gasteiger partial charge in [-0.05, 0) is 32.6 Å². The molecule has 0 aromatic heterocycles. The highest BCUT2D eigenvalue weighted by Gasteiger charge is 2.72. The molecule has 0 amide bonds. The van der Waals surface area contributed by atoms with Crippen LogP contribution in [0, 0.1) is 5.92 Å². The Morgan fingerprint density at radius 3 is 1.97 bits per heavy atom. The molecule has 0 aromatic carbocycles. The minimum absolute atomic E-state index is 0.222. The smallest absolute Gasteiger partial charge is 0.459 e. The number of carbonyl (C=O) groups is 3. The largest absolute Gasteiger partial charge is 0.463 e. The summed E-state index contributed by atoms with van der Waals surface area (Å²) in [6.07, 6.45) is -7.70. The van der Waals surface area contributed by atoms with Crippen LogP contribution in [0.4, 0.5) is 30.7 Å². The maximum atomic E-state index is 13.1. The van der Waals surface area contributed by atoms with E-state index in [9.17, 15) is 45.1 Å². The third kappa shape index (κ3) is 7.39. The fourth-order valence-electron chi connectivity index (χ4n) is 2.62. The molecule has 1 rings (SSSR count). The van der Waals surface area contributed by atoms with Crippen LogP contribution in [0.1, 0.15) is 39.0 Å². The number of carbonyl (C=O) groups excluding carboxylic acids is 3. The monoisotopic (exact) mass is 466 g/mol. The van der Waals surface area contributed by atoms with Crippen molar-refractivity contribution in [3.8, 4) is 0 Å². The summed E-state index contributed by atoms with van der Waals surface area (Å²) in [6.45, 7) is 2.46. The summed E-state index contributed by atoms with van der Waals surface area (Å²) in [5, 5.41) is 0. The average Bonchev–Trinajstić information content (AvgIpc) is 2.65. The quantitative estimate of drug-likeness (QED) is 0.222. The van der Waals surface area contributed by atoms with Crippen LogP contribution in [0.15, 0.2) is 12.2 Å². The predicted octanol–water partition coefficient (Wildman–Crippen LogP) is 3.97. The van der Waals surface area contributed by atoms with Crippen molar-refractivity contribution in [1.29, 1.82) is 0 Å². The second kappa shape index (κ2) is 10.3. The van der Waals surface area contributed by atoms with Crippen LogP contribution in [0.2, 0.25) is 0 Å². The van der Waals surface area contributed by atoms with Crippen LogP contribution in [0.5, 0.6) is 0 Å². The Hall–Kier alpha value is -2.34. The third-order valence-corrected chi connectivity index (χ3v) is 4.46. The molecule has 13 heteroatoms. The zero-order valence-electron chi connectivity index (χ0n) is 16.4. The van der Waals surface area contributed by atoms with E-state index >= 15 is 0 Å². The molecule has 0 atom stereocenters. The van der Waals surface area contributed by atoms with E-state index < -0.39 is 67.6 Å². The normalized spacial score (nSPS) is 20.0. The third-order valence-electron chi connectivity index (χ3n) is 4.46. The molecule has 0 aliphatic heterocycles. The summed E-state index contributed by atoms with van der Waals surface area (Å²) in [4.78, 5) is 34.7. The van der Waals surface area contributed by atoms with Crippen LogP contribution < -0.4 is 0 Å². The van der Waals surface area contributed by atoms with Crippen molar-refractivity contribution in [1.82, 2.24) is 0 Å². The number of ether oxygens (including phenoxy) is 3. The lowest BCUT2D eigenvalue weighted by Crippen LogP contribution is -2.52. The zero-order valence-corrected chi connectivity index (χ0v) is 16.4. The molecule has 0 aromatic rings. The van der Waals surface area contributed by atoms with E-state index in [1.807, 2.05) is 0 Å². The van der Waals surface area contributed by atoms with Gasteiger partial charge in [0.1, 0.15) is 6.10 Å². The number of hydrogen-bond donors (Lipinski definition) is 0. The molecule has 1 saturated carbocycles. The molecule has 0 saturated heterocycles. The number of rotatable bonds is 9. The summed E-state index contributed by atoms with van der Waals surface area (Å²) in [6, 6.07) is 0. The standard InChI is InChI=1S/C18H21F7O6/c1-10(2)14(27)31-12-5-3-11(4-6-12)15(28)30-9-13(26)29-8-7-16(19,20)17(21,22)18(23,24)25/h11-12H,1,3-9H2,2H3. The van der Waals surface area contributed by atoms with E-state index in [2.05, 4.69) is 16.1 Å². The fourth-order valence-corrected chi connectivity index (χ4v) is 2.62. The van der Waals surface area contributed by atoms with Gasteiger partial charge in [0.15, 0.2) is 6.61 Å². The van der Waals surface area contributed by atoms with Gasteiger partial charge in [-0.25, -0.2) is 9.59 Å². The molecule has 0 unspecified atom stereocenters. The predicted molar refractivity (Wildman–Crippen MR) is 89.1 cm³/mol. The van der Waals surface area contributed by atoms with Crippen molar-refractivity contribution in [3.63, 3.8) is 0 Å². The summed E-state index contributed by atoms with van der Waals surface area (Å²) in [5.74, 6) is -15.2. The second-order valence-electron chi connectivity index (χ2n) is 7.01. The molecular weight excluding hydrogens is 445 g/mol. The fraction of sp³-hybridized carbons (Fsp3) is 0.722. The van der Waals surface area contributed by atoms with E-state index in [1.54, 1.807) is 0 Å². The Morgan fingerprint density at radius 1 is 0.935 bits per heavy atom. The van der Waals surface area contributed by atoms with Gasteiger partial charge < -0.3 is 14.2 Å². The lowest BCUT2D eigenvalue weighted by molar-refractivity contribution is -0.356. The molecule has 1 aliphatic rings. The number of esters is 3. The molecule has 178 valence electrons. The van der Waals surface area contributed by atoms with E-state index in [0.29, 0.717) is 12.8 Å². The summed E-state index contributed by atoms with van der Waals surface area (Å²) >= 11 is 0. The van der Waals surface area contributed by atoms with Crippen LogP contribution in [-0.4, -0.2) is 55.2 Å². The van der Waals surface area contributed by atoms with E-state index in [4.69, 9.17) is 4.74 Å². The molecule has 6 nitrogen and oxygen atoms in total. The van der Waals surface area contributed by atoms with E-state index in [0.717, 1.165) is 0 Å². The lowest BCUT2D eigenvalue weighted by Gasteiger charge is -2.28. The summed E-state index contributed by atoms with van der Waals surface area (Å²) in [5.41, 5.74) is 0.222. The second-order valence-corrected chi connectivity index (χ2v) is 7.01. The summed E-state index contributed by atoms with van der Waals surface area (Å²) < 4.78 is 102. The van der Waals surface area contributed by atoms with Crippen molar-refractivity contribution in [2.24, 2.45) is 5.92 Å². The Labute approximate surface area is 172 Å². The van der Waals surface area contributed by atoms with Crippen LogP contribution in [0.25, 0.3) is 0 Å². The van der Waals surface area contributed by atoms with Crippen molar-refractivity contribution in [2.75, 3.05) is 13.2 Å². The van der Waals surface area contributed by atoms with Gasteiger partial charge >= 0.3 is 35.9 Å². The van der Waals surface area contributed by atoms with Gasteiger partial charge in [0.2, 0.25) is 0 Å². The Morgan fingerprint density at radius 2 is 1.48 bits per heavy atom. The topological polar surface area (TPSA) is 78.9 Å². The number of halogens is 7. The van der Waals surface area contributed by atoms with Crippen LogP contribution in [0.3, 0.4) is 0 Å². The maximum Gasteiger partial charge on any atom is 0.459 e.